The number of hydrogen-bond acceptors (Lipinski definition) is 4. The lowest BCUT2D eigenvalue weighted by atomic mass is 10.1. The van der Waals surface area contributed by atoms with Crippen molar-refractivity contribution in [2.45, 2.75) is 39.3 Å². The van der Waals surface area contributed by atoms with Crippen molar-refractivity contribution in [2.24, 2.45) is 5.84 Å². The average Bonchev–Trinajstić information content (AvgIpc) is 3.04. The molecule has 0 spiro atoms. The number of nitrogens with zero attached hydrogens (tertiary/aromatic N) is 2. The summed E-state index contributed by atoms with van der Waals surface area (Å²) in [4.78, 5) is 0. The topological polar surface area (TPSA) is 69.0 Å². The van der Waals surface area contributed by atoms with Crippen LogP contribution < -0.4 is 11.3 Å². The summed E-state index contributed by atoms with van der Waals surface area (Å²) >= 11 is 0. The van der Waals surface area contributed by atoms with Gasteiger partial charge >= 0.3 is 0 Å². The normalized spacial score (nSPS) is 12.8. The minimum atomic E-state index is 0.0512. The van der Waals surface area contributed by atoms with Gasteiger partial charge < -0.3 is 4.42 Å². The molecule has 98 valence electrons. The molecule has 0 saturated heterocycles. The molecule has 18 heavy (non-hydrogen) atoms. The van der Waals surface area contributed by atoms with E-state index in [-0.39, 0.29) is 6.04 Å². The van der Waals surface area contributed by atoms with Crippen molar-refractivity contribution in [1.82, 2.24) is 15.2 Å². The molecule has 2 aromatic rings. The van der Waals surface area contributed by atoms with Gasteiger partial charge in [-0.05, 0) is 37.5 Å². The highest BCUT2D eigenvalue weighted by atomic mass is 16.3. The summed E-state index contributed by atoms with van der Waals surface area (Å²) in [6.07, 6.45) is 5.15. The molecule has 2 heterocycles. The summed E-state index contributed by atoms with van der Waals surface area (Å²) in [5.41, 5.74) is 6.21. The molecule has 0 amide bonds. The Labute approximate surface area is 107 Å². The van der Waals surface area contributed by atoms with E-state index < -0.39 is 0 Å². The zero-order valence-corrected chi connectivity index (χ0v) is 10.9. The smallest absolute Gasteiger partial charge is 0.0935 e. The third-order valence-corrected chi connectivity index (χ3v) is 3.10. The maximum absolute atomic E-state index is 5.67. The van der Waals surface area contributed by atoms with Gasteiger partial charge in [0.15, 0.2) is 0 Å². The van der Waals surface area contributed by atoms with Gasteiger partial charge in [-0.2, -0.15) is 5.10 Å². The van der Waals surface area contributed by atoms with Gasteiger partial charge in [-0.1, -0.05) is 6.92 Å². The Hall–Kier alpha value is -1.59. The van der Waals surface area contributed by atoms with Crippen molar-refractivity contribution in [3.63, 3.8) is 0 Å². The van der Waals surface area contributed by atoms with Crippen LogP contribution >= 0.6 is 0 Å². The lowest BCUT2D eigenvalue weighted by molar-refractivity contribution is 0.486. The predicted octanol–water partition coefficient (Wildman–Crippen LogP) is 1.81. The number of rotatable bonds is 6. The van der Waals surface area contributed by atoms with E-state index in [1.165, 1.54) is 0 Å². The van der Waals surface area contributed by atoms with Crippen molar-refractivity contribution in [1.29, 1.82) is 0 Å². The fraction of sp³-hybridized carbons (Fsp3) is 0.462. The third kappa shape index (κ3) is 2.63. The first-order chi connectivity index (χ1) is 8.78. The van der Waals surface area contributed by atoms with Gasteiger partial charge in [0.1, 0.15) is 0 Å². The van der Waals surface area contributed by atoms with Crippen LogP contribution in [0.1, 0.15) is 36.8 Å². The number of aromatic nitrogens is 2. The quantitative estimate of drug-likeness (QED) is 0.604. The Kier molecular flexibility index (Phi) is 4.17. The van der Waals surface area contributed by atoms with Gasteiger partial charge in [0.2, 0.25) is 0 Å². The van der Waals surface area contributed by atoms with Crippen LogP contribution in [0.25, 0.3) is 0 Å². The summed E-state index contributed by atoms with van der Waals surface area (Å²) in [5, 5.41) is 4.54. The second kappa shape index (κ2) is 5.84. The fourth-order valence-corrected chi connectivity index (χ4v) is 2.09. The second-order valence-corrected chi connectivity index (χ2v) is 4.28. The van der Waals surface area contributed by atoms with Gasteiger partial charge in [0.25, 0.3) is 0 Å². The Balaban J connectivity index is 2.23. The van der Waals surface area contributed by atoms with Crippen molar-refractivity contribution < 1.29 is 4.42 Å². The van der Waals surface area contributed by atoms with E-state index >= 15 is 0 Å². The van der Waals surface area contributed by atoms with Crippen LogP contribution in [0.2, 0.25) is 0 Å². The molecule has 1 atom stereocenters. The SMILES string of the molecule is CCc1cc(C(Cc2ccoc2)NN)n(CC)n1. The van der Waals surface area contributed by atoms with E-state index in [9.17, 15) is 0 Å². The van der Waals surface area contributed by atoms with Gasteiger partial charge in [-0.25, -0.2) is 0 Å². The van der Waals surface area contributed by atoms with Crippen molar-refractivity contribution in [3.8, 4) is 0 Å². The third-order valence-electron chi connectivity index (χ3n) is 3.10. The Morgan fingerprint density at radius 1 is 1.50 bits per heavy atom. The molecule has 0 bridgehead atoms. The molecule has 0 radical (unpaired) electrons. The van der Waals surface area contributed by atoms with Gasteiger partial charge in [0, 0.05) is 6.54 Å². The first-order valence-corrected chi connectivity index (χ1v) is 6.32. The molecule has 0 saturated carbocycles. The lowest BCUT2D eigenvalue weighted by Gasteiger charge is -2.16. The minimum Gasteiger partial charge on any atom is -0.472 e. The molecule has 0 fully saturated rings. The molecule has 5 heteroatoms. The van der Waals surface area contributed by atoms with E-state index in [4.69, 9.17) is 10.3 Å². The van der Waals surface area contributed by atoms with Crippen LogP contribution in [0.5, 0.6) is 0 Å². The molecule has 2 rings (SSSR count). The number of aryl methyl sites for hydroxylation is 2. The zero-order valence-electron chi connectivity index (χ0n) is 10.9. The van der Waals surface area contributed by atoms with Crippen molar-refractivity contribution in [3.05, 3.63) is 41.6 Å². The van der Waals surface area contributed by atoms with E-state index in [0.29, 0.717) is 0 Å². The standard InChI is InChI=1S/C13H20N4O/c1-3-11-8-13(17(4-2)16-11)12(15-14)7-10-5-6-18-9-10/h5-6,8-9,12,15H,3-4,7,14H2,1-2H3. The minimum absolute atomic E-state index is 0.0512. The highest BCUT2D eigenvalue weighted by Crippen LogP contribution is 2.19. The molecule has 0 aliphatic rings. The van der Waals surface area contributed by atoms with Crippen LogP contribution in [0.15, 0.2) is 29.1 Å². The summed E-state index contributed by atoms with van der Waals surface area (Å²) in [7, 11) is 0. The first kappa shape index (κ1) is 12.9. The monoisotopic (exact) mass is 248 g/mol. The fourth-order valence-electron chi connectivity index (χ4n) is 2.09. The van der Waals surface area contributed by atoms with E-state index in [1.54, 1.807) is 12.5 Å². The predicted molar refractivity (Wildman–Crippen MR) is 69.8 cm³/mol. The maximum Gasteiger partial charge on any atom is 0.0935 e. The number of hydrogen-bond donors (Lipinski definition) is 2. The number of hydrazine groups is 1. The molecular formula is C13H20N4O. The highest BCUT2D eigenvalue weighted by molar-refractivity contribution is 5.18. The Morgan fingerprint density at radius 3 is 2.89 bits per heavy atom. The summed E-state index contributed by atoms with van der Waals surface area (Å²) in [6.45, 7) is 5.04. The number of furan rings is 1. The number of nitrogens with two attached hydrogens (primary N) is 1. The summed E-state index contributed by atoms with van der Waals surface area (Å²) in [6, 6.07) is 4.13. The van der Waals surface area contributed by atoms with E-state index in [0.717, 1.165) is 36.3 Å². The molecule has 3 N–H and O–H groups in total. The lowest BCUT2D eigenvalue weighted by Crippen LogP contribution is -2.31. The van der Waals surface area contributed by atoms with Crippen molar-refractivity contribution in [2.75, 3.05) is 0 Å². The summed E-state index contributed by atoms with van der Waals surface area (Å²) in [5.74, 6) is 5.67. The molecule has 0 aliphatic heterocycles. The van der Waals surface area contributed by atoms with E-state index in [1.807, 2.05) is 10.7 Å². The molecule has 0 aliphatic carbocycles. The molecule has 0 aromatic carbocycles. The Bertz CT molecular complexity index is 475. The van der Waals surface area contributed by atoms with Crippen LogP contribution in [0.3, 0.4) is 0 Å². The zero-order chi connectivity index (χ0) is 13.0. The highest BCUT2D eigenvalue weighted by Gasteiger charge is 2.17. The second-order valence-electron chi connectivity index (χ2n) is 4.28. The van der Waals surface area contributed by atoms with Crippen LogP contribution in [-0.2, 0) is 19.4 Å². The van der Waals surface area contributed by atoms with Gasteiger partial charge in [0.05, 0.1) is 30.0 Å². The van der Waals surface area contributed by atoms with Crippen molar-refractivity contribution >= 4 is 0 Å². The molecule has 2 aromatic heterocycles. The molecule has 1 unspecified atom stereocenters. The number of nitrogens with one attached hydrogen (secondary N) is 1. The Morgan fingerprint density at radius 2 is 2.33 bits per heavy atom. The van der Waals surface area contributed by atoms with E-state index in [2.05, 4.69) is 30.4 Å². The largest absolute Gasteiger partial charge is 0.472 e. The maximum atomic E-state index is 5.67. The van der Waals surface area contributed by atoms with Gasteiger partial charge in [-0.3, -0.25) is 16.0 Å². The van der Waals surface area contributed by atoms with Crippen LogP contribution in [0, 0.1) is 0 Å². The first-order valence-electron chi connectivity index (χ1n) is 6.32. The van der Waals surface area contributed by atoms with Crippen LogP contribution in [0.4, 0.5) is 0 Å². The molecule has 5 nitrogen and oxygen atoms in total. The summed E-state index contributed by atoms with van der Waals surface area (Å²) < 4.78 is 7.09. The molecular weight excluding hydrogens is 228 g/mol. The van der Waals surface area contributed by atoms with Crippen LogP contribution in [-0.4, -0.2) is 9.78 Å². The average molecular weight is 248 g/mol. The van der Waals surface area contributed by atoms with Gasteiger partial charge in [-0.15, -0.1) is 0 Å².